The van der Waals surface area contributed by atoms with Crippen LogP contribution in [0.5, 0.6) is 0 Å². The Hall–Kier alpha value is -1.91. The maximum atomic E-state index is 12.3. The maximum Gasteiger partial charge on any atom is 0.337 e. The van der Waals surface area contributed by atoms with Crippen LogP contribution in [0.3, 0.4) is 0 Å². The van der Waals surface area contributed by atoms with Crippen molar-refractivity contribution in [1.29, 1.82) is 0 Å². The average molecular weight is 239 g/mol. The van der Waals surface area contributed by atoms with Gasteiger partial charge in [-0.1, -0.05) is 0 Å². The highest BCUT2D eigenvalue weighted by molar-refractivity contribution is 5.94. The van der Waals surface area contributed by atoms with Crippen molar-refractivity contribution in [3.8, 4) is 0 Å². The third-order valence-corrected chi connectivity index (χ3v) is 2.53. The first-order valence-electron chi connectivity index (χ1n) is 5.07. The summed E-state index contributed by atoms with van der Waals surface area (Å²) in [6.07, 6.45) is -0.816. The molecule has 5 heteroatoms. The number of alkyl halides is 2. The minimum Gasteiger partial charge on any atom is -0.465 e. The van der Waals surface area contributed by atoms with Crippen LogP contribution in [0.15, 0.2) is 30.5 Å². The van der Waals surface area contributed by atoms with Gasteiger partial charge in [0.1, 0.15) is 0 Å². The number of aromatic nitrogens is 1. The maximum absolute atomic E-state index is 12.3. The summed E-state index contributed by atoms with van der Waals surface area (Å²) in [6, 6.07) is 6.54. The fourth-order valence-corrected chi connectivity index (χ4v) is 1.75. The van der Waals surface area contributed by atoms with E-state index in [4.69, 9.17) is 0 Å². The Labute approximate surface area is 96.6 Å². The summed E-state index contributed by atoms with van der Waals surface area (Å²) in [5.74, 6) is -0.437. The molecular weight excluding hydrogens is 228 g/mol. The molecule has 17 heavy (non-hydrogen) atoms. The van der Waals surface area contributed by atoms with Gasteiger partial charge in [0.25, 0.3) is 6.43 Å². The number of esters is 1. The van der Waals surface area contributed by atoms with Gasteiger partial charge in [0, 0.05) is 17.1 Å². The number of halogens is 2. The molecule has 0 unspecified atom stereocenters. The molecule has 1 aromatic carbocycles. The number of carbonyl (C=O) groups excluding carboxylic acids is 1. The zero-order chi connectivity index (χ0) is 12.4. The van der Waals surface area contributed by atoms with E-state index in [1.54, 1.807) is 30.5 Å². The molecule has 3 nitrogen and oxygen atoms in total. The second-order valence-electron chi connectivity index (χ2n) is 3.62. The monoisotopic (exact) mass is 239 g/mol. The molecule has 0 bridgehead atoms. The van der Waals surface area contributed by atoms with Gasteiger partial charge in [0.15, 0.2) is 0 Å². The smallest absolute Gasteiger partial charge is 0.337 e. The molecule has 1 aromatic heterocycles. The van der Waals surface area contributed by atoms with Crippen molar-refractivity contribution < 1.29 is 18.3 Å². The summed E-state index contributed by atoms with van der Waals surface area (Å²) in [7, 11) is 1.30. The standard InChI is InChI=1S/C12H11F2NO2/c1-17-12(16)9-2-3-10-8(6-9)4-5-15(10)7-11(13)14/h2-6,11H,7H2,1H3. The predicted molar refractivity (Wildman–Crippen MR) is 59.3 cm³/mol. The summed E-state index contributed by atoms with van der Waals surface area (Å²) in [6.45, 7) is -0.346. The Morgan fingerprint density at radius 2 is 2.18 bits per heavy atom. The van der Waals surface area contributed by atoms with Crippen LogP contribution in [0.25, 0.3) is 10.9 Å². The van der Waals surface area contributed by atoms with Crippen molar-refractivity contribution in [2.24, 2.45) is 0 Å². The Kier molecular flexibility index (Phi) is 3.08. The molecule has 0 atom stereocenters. The van der Waals surface area contributed by atoms with E-state index in [0.29, 0.717) is 11.1 Å². The third kappa shape index (κ3) is 2.27. The van der Waals surface area contributed by atoms with Crippen LogP contribution in [-0.4, -0.2) is 24.1 Å². The minimum absolute atomic E-state index is 0.346. The van der Waals surface area contributed by atoms with E-state index in [2.05, 4.69) is 4.74 Å². The Morgan fingerprint density at radius 3 is 2.82 bits per heavy atom. The fraction of sp³-hybridized carbons (Fsp3) is 0.250. The first kappa shape index (κ1) is 11.6. The van der Waals surface area contributed by atoms with Crippen LogP contribution in [0.1, 0.15) is 10.4 Å². The van der Waals surface area contributed by atoms with Gasteiger partial charge in [-0.15, -0.1) is 0 Å². The number of ether oxygens (including phenoxy) is 1. The number of methoxy groups -OCH3 is 1. The molecule has 0 aliphatic heterocycles. The van der Waals surface area contributed by atoms with Crippen LogP contribution in [0.2, 0.25) is 0 Å². The van der Waals surface area contributed by atoms with Crippen molar-refractivity contribution in [2.75, 3.05) is 7.11 Å². The molecule has 0 spiro atoms. The predicted octanol–water partition coefficient (Wildman–Crippen LogP) is 2.69. The number of fused-ring (bicyclic) bond motifs is 1. The second kappa shape index (κ2) is 4.53. The average Bonchev–Trinajstić information content (AvgIpc) is 2.70. The van der Waals surface area contributed by atoms with Gasteiger partial charge in [-0.2, -0.15) is 0 Å². The van der Waals surface area contributed by atoms with E-state index in [0.717, 1.165) is 5.39 Å². The number of hydrogen-bond donors (Lipinski definition) is 0. The topological polar surface area (TPSA) is 31.2 Å². The normalized spacial score (nSPS) is 11.1. The molecule has 1 heterocycles. The SMILES string of the molecule is COC(=O)c1ccc2c(ccn2CC(F)F)c1. The van der Waals surface area contributed by atoms with Gasteiger partial charge in [-0.3, -0.25) is 0 Å². The molecule has 90 valence electrons. The van der Waals surface area contributed by atoms with Crippen LogP contribution in [0, 0.1) is 0 Å². The summed E-state index contributed by atoms with van der Waals surface area (Å²) in [4.78, 5) is 11.3. The molecule has 0 saturated heterocycles. The number of carbonyl (C=O) groups is 1. The zero-order valence-corrected chi connectivity index (χ0v) is 9.19. The molecule has 0 saturated carbocycles. The molecule has 0 fully saturated rings. The summed E-state index contributed by atoms with van der Waals surface area (Å²) < 4.78 is 30.6. The van der Waals surface area contributed by atoms with Crippen molar-refractivity contribution >= 4 is 16.9 Å². The van der Waals surface area contributed by atoms with Crippen LogP contribution in [0.4, 0.5) is 8.78 Å². The zero-order valence-electron chi connectivity index (χ0n) is 9.19. The van der Waals surface area contributed by atoms with Crippen molar-refractivity contribution in [3.63, 3.8) is 0 Å². The number of nitrogens with zero attached hydrogens (tertiary/aromatic N) is 1. The van der Waals surface area contributed by atoms with Gasteiger partial charge >= 0.3 is 5.97 Å². The minimum atomic E-state index is -2.40. The van der Waals surface area contributed by atoms with Gasteiger partial charge < -0.3 is 9.30 Å². The van der Waals surface area contributed by atoms with Gasteiger partial charge in [-0.05, 0) is 24.3 Å². The highest BCUT2D eigenvalue weighted by atomic mass is 19.3. The van der Waals surface area contributed by atoms with Crippen molar-refractivity contribution in [2.45, 2.75) is 13.0 Å². The molecule has 2 aromatic rings. The van der Waals surface area contributed by atoms with Gasteiger partial charge in [0.2, 0.25) is 0 Å². The number of hydrogen-bond acceptors (Lipinski definition) is 2. The lowest BCUT2D eigenvalue weighted by molar-refractivity contribution is 0.0601. The highest BCUT2D eigenvalue weighted by Crippen LogP contribution is 2.19. The Balaban J connectivity index is 2.41. The number of benzene rings is 1. The van der Waals surface area contributed by atoms with Crippen LogP contribution < -0.4 is 0 Å². The molecule has 0 aliphatic carbocycles. The van der Waals surface area contributed by atoms with E-state index in [1.807, 2.05) is 0 Å². The molecular formula is C12H11F2NO2. The van der Waals surface area contributed by atoms with E-state index in [1.165, 1.54) is 11.7 Å². The largest absolute Gasteiger partial charge is 0.465 e. The van der Waals surface area contributed by atoms with E-state index in [-0.39, 0.29) is 6.54 Å². The molecule has 0 amide bonds. The quantitative estimate of drug-likeness (QED) is 0.771. The van der Waals surface area contributed by atoms with Gasteiger partial charge in [0.05, 0.1) is 19.2 Å². The summed E-state index contributed by atoms with van der Waals surface area (Å²) >= 11 is 0. The lowest BCUT2D eigenvalue weighted by atomic mass is 10.1. The summed E-state index contributed by atoms with van der Waals surface area (Å²) in [5.41, 5.74) is 1.09. The first-order valence-corrected chi connectivity index (χ1v) is 5.07. The van der Waals surface area contributed by atoms with Crippen LogP contribution in [-0.2, 0) is 11.3 Å². The first-order chi connectivity index (χ1) is 8.11. The third-order valence-electron chi connectivity index (χ3n) is 2.53. The van der Waals surface area contributed by atoms with Crippen molar-refractivity contribution in [3.05, 3.63) is 36.0 Å². The Bertz CT molecular complexity index is 548. The Morgan fingerprint density at radius 1 is 1.41 bits per heavy atom. The summed E-state index contributed by atoms with van der Waals surface area (Å²) in [5, 5.41) is 0.744. The van der Waals surface area contributed by atoms with Crippen molar-refractivity contribution in [1.82, 2.24) is 4.57 Å². The highest BCUT2D eigenvalue weighted by Gasteiger charge is 2.10. The molecule has 0 aliphatic rings. The van der Waals surface area contributed by atoms with E-state index in [9.17, 15) is 13.6 Å². The van der Waals surface area contributed by atoms with Crippen LogP contribution >= 0.6 is 0 Å². The molecule has 0 N–H and O–H groups in total. The van der Waals surface area contributed by atoms with E-state index >= 15 is 0 Å². The lowest BCUT2D eigenvalue weighted by Crippen LogP contribution is -2.05. The van der Waals surface area contributed by atoms with E-state index < -0.39 is 12.4 Å². The van der Waals surface area contributed by atoms with Gasteiger partial charge in [-0.25, -0.2) is 13.6 Å². The lowest BCUT2D eigenvalue weighted by Gasteiger charge is -2.04. The molecule has 2 rings (SSSR count). The second-order valence-corrected chi connectivity index (χ2v) is 3.62. The number of rotatable bonds is 3. The molecule has 0 radical (unpaired) electrons. The fourth-order valence-electron chi connectivity index (χ4n) is 1.75.